The molecular weight excluding hydrogens is 268 g/mol. The normalized spacial score (nSPS) is 19.5. The van der Waals surface area contributed by atoms with Crippen LogP contribution in [0.15, 0.2) is 21.2 Å². The molecule has 2 rings (SSSR count). The van der Waals surface area contributed by atoms with E-state index in [9.17, 15) is 0 Å². The van der Waals surface area contributed by atoms with Gasteiger partial charge in [-0.05, 0) is 48.0 Å². The van der Waals surface area contributed by atoms with E-state index in [0.29, 0.717) is 12.6 Å². The Kier molecular flexibility index (Phi) is 4.05. The van der Waals surface area contributed by atoms with Gasteiger partial charge >= 0.3 is 0 Å². The summed E-state index contributed by atoms with van der Waals surface area (Å²) in [4.78, 5) is 2.37. The van der Waals surface area contributed by atoms with E-state index in [1.165, 1.54) is 25.7 Å². The first-order valence-electron chi connectivity index (χ1n) is 5.89. The van der Waals surface area contributed by atoms with Crippen molar-refractivity contribution in [2.45, 2.75) is 37.8 Å². The lowest BCUT2D eigenvalue weighted by atomic mass is 10.1. The second-order valence-electron chi connectivity index (χ2n) is 4.50. The maximum atomic E-state index is 5.87. The van der Waals surface area contributed by atoms with Crippen LogP contribution in [0.4, 0.5) is 0 Å². The van der Waals surface area contributed by atoms with Crippen molar-refractivity contribution in [2.24, 2.45) is 5.73 Å². The molecule has 1 unspecified atom stereocenters. The molecule has 1 aliphatic rings. The second-order valence-corrected chi connectivity index (χ2v) is 5.28. The van der Waals surface area contributed by atoms with Crippen molar-refractivity contribution in [3.8, 4) is 0 Å². The molecule has 0 bridgehead atoms. The zero-order valence-corrected chi connectivity index (χ0v) is 11.2. The number of likely N-dealkylation sites (N-methyl/N-ethyl adjacent to an activating group) is 1. The minimum Gasteiger partial charge on any atom is -0.453 e. The predicted molar refractivity (Wildman–Crippen MR) is 68.2 cm³/mol. The summed E-state index contributed by atoms with van der Waals surface area (Å²) in [6.45, 7) is 0.604. The zero-order valence-electron chi connectivity index (χ0n) is 9.66. The van der Waals surface area contributed by atoms with Gasteiger partial charge in [0.25, 0.3) is 0 Å². The molecule has 90 valence electrons. The maximum Gasteiger partial charge on any atom is 0.169 e. The average molecular weight is 287 g/mol. The predicted octanol–water partition coefficient (Wildman–Crippen LogP) is 2.92. The van der Waals surface area contributed by atoms with Crippen LogP contribution in [0.1, 0.15) is 37.5 Å². The number of rotatable bonds is 4. The fraction of sp³-hybridized carbons (Fsp3) is 0.667. The standard InChI is InChI=1S/C12H19BrN2O/c1-15(9-4-2-3-5-9)10(8-14)11-6-7-12(13)16-11/h6-7,9-10H,2-5,8,14H2,1H3. The molecule has 2 N–H and O–H groups in total. The highest BCUT2D eigenvalue weighted by molar-refractivity contribution is 9.10. The van der Waals surface area contributed by atoms with Gasteiger partial charge in [-0.3, -0.25) is 4.90 Å². The van der Waals surface area contributed by atoms with Crippen LogP contribution in [0, 0.1) is 0 Å². The monoisotopic (exact) mass is 286 g/mol. The van der Waals surface area contributed by atoms with Gasteiger partial charge in [0.05, 0.1) is 6.04 Å². The first-order valence-corrected chi connectivity index (χ1v) is 6.69. The molecule has 0 amide bonds. The van der Waals surface area contributed by atoms with Crippen LogP contribution in [0.25, 0.3) is 0 Å². The molecule has 3 nitrogen and oxygen atoms in total. The molecule has 1 heterocycles. The first-order chi connectivity index (χ1) is 7.72. The van der Waals surface area contributed by atoms with Gasteiger partial charge in [-0.1, -0.05) is 12.8 Å². The van der Waals surface area contributed by atoms with Crippen LogP contribution in [0.5, 0.6) is 0 Å². The highest BCUT2D eigenvalue weighted by Gasteiger charge is 2.27. The van der Waals surface area contributed by atoms with Gasteiger partial charge in [-0.25, -0.2) is 0 Å². The topological polar surface area (TPSA) is 42.4 Å². The van der Waals surface area contributed by atoms with Crippen molar-refractivity contribution in [2.75, 3.05) is 13.6 Å². The third kappa shape index (κ3) is 2.50. The Morgan fingerprint density at radius 3 is 2.69 bits per heavy atom. The van der Waals surface area contributed by atoms with Gasteiger partial charge < -0.3 is 10.2 Å². The highest BCUT2D eigenvalue weighted by Crippen LogP contribution is 2.30. The van der Waals surface area contributed by atoms with Gasteiger partial charge in [-0.15, -0.1) is 0 Å². The molecule has 4 heteroatoms. The van der Waals surface area contributed by atoms with Crippen molar-refractivity contribution < 1.29 is 4.42 Å². The summed E-state index contributed by atoms with van der Waals surface area (Å²) >= 11 is 3.34. The third-order valence-corrected chi connectivity index (χ3v) is 3.96. The summed E-state index contributed by atoms with van der Waals surface area (Å²) in [5.74, 6) is 0.962. The molecule has 0 saturated heterocycles. The van der Waals surface area contributed by atoms with E-state index in [2.05, 4.69) is 27.9 Å². The fourth-order valence-electron chi connectivity index (χ4n) is 2.56. The van der Waals surface area contributed by atoms with Gasteiger partial charge in [-0.2, -0.15) is 0 Å². The van der Waals surface area contributed by atoms with E-state index < -0.39 is 0 Å². The molecule has 1 aromatic rings. The lowest BCUT2D eigenvalue weighted by Gasteiger charge is -2.30. The molecule has 0 aromatic carbocycles. The molecule has 1 saturated carbocycles. The van der Waals surface area contributed by atoms with Crippen molar-refractivity contribution in [1.82, 2.24) is 4.90 Å². The fourth-order valence-corrected chi connectivity index (χ4v) is 2.88. The molecule has 16 heavy (non-hydrogen) atoms. The Balaban J connectivity index is 2.09. The van der Waals surface area contributed by atoms with Gasteiger partial charge in [0.1, 0.15) is 5.76 Å². The smallest absolute Gasteiger partial charge is 0.169 e. The number of hydrogen-bond acceptors (Lipinski definition) is 3. The Morgan fingerprint density at radius 2 is 2.19 bits per heavy atom. The average Bonchev–Trinajstić information content (AvgIpc) is 2.90. The Bertz CT molecular complexity index is 334. The van der Waals surface area contributed by atoms with E-state index in [1.54, 1.807) is 0 Å². The quantitative estimate of drug-likeness (QED) is 0.926. The van der Waals surface area contributed by atoms with Gasteiger partial charge in [0, 0.05) is 12.6 Å². The Labute approximate surface area is 105 Å². The molecular formula is C12H19BrN2O. The number of nitrogens with zero attached hydrogens (tertiary/aromatic N) is 1. The van der Waals surface area contributed by atoms with Crippen molar-refractivity contribution in [1.29, 1.82) is 0 Å². The van der Waals surface area contributed by atoms with Crippen LogP contribution in [0.3, 0.4) is 0 Å². The Hall–Kier alpha value is -0.320. The summed E-state index contributed by atoms with van der Waals surface area (Å²) in [6, 6.07) is 4.81. The van der Waals surface area contributed by atoms with Crippen molar-refractivity contribution in [3.05, 3.63) is 22.6 Å². The molecule has 1 fully saturated rings. The summed E-state index contributed by atoms with van der Waals surface area (Å²) in [5, 5.41) is 0. The van der Waals surface area contributed by atoms with E-state index in [1.807, 2.05) is 12.1 Å². The molecule has 1 aliphatic carbocycles. The molecule has 0 spiro atoms. The number of nitrogens with two attached hydrogens (primary N) is 1. The van der Waals surface area contributed by atoms with E-state index >= 15 is 0 Å². The largest absolute Gasteiger partial charge is 0.453 e. The van der Waals surface area contributed by atoms with Crippen LogP contribution in [-0.4, -0.2) is 24.5 Å². The summed E-state index contributed by atoms with van der Waals surface area (Å²) in [7, 11) is 2.16. The number of hydrogen-bond donors (Lipinski definition) is 1. The zero-order chi connectivity index (χ0) is 11.5. The van der Waals surface area contributed by atoms with Gasteiger partial charge in [0.2, 0.25) is 0 Å². The molecule has 1 atom stereocenters. The lowest BCUT2D eigenvalue weighted by molar-refractivity contribution is 0.159. The summed E-state index contributed by atoms with van der Waals surface area (Å²) in [6.07, 6.45) is 5.26. The minimum atomic E-state index is 0.203. The van der Waals surface area contributed by atoms with Gasteiger partial charge in [0.15, 0.2) is 4.67 Å². The number of halogens is 1. The highest BCUT2D eigenvalue weighted by atomic mass is 79.9. The first kappa shape index (κ1) is 12.1. The third-order valence-electron chi connectivity index (χ3n) is 3.54. The summed E-state index contributed by atoms with van der Waals surface area (Å²) in [5.41, 5.74) is 5.87. The number of furan rings is 1. The van der Waals surface area contributed by atoms with E-state index in [4.69, 9.17) is 10.2 Å². The molecule has 0 aliphatic heterocycles. The van der Waals surface area contributed by atoms with Crippen LogP contribution in [0.2, 0.25) is 0 Å². The van der Waals surface area contributed by atoms with E-state index in [0.717, 1.165) is 10.4 Å². The lowest BCUT2D eigenvalue weighted by Crippen LogP contribution is -2.36. The Morgan fingerprint density at radius 1 is 1.50 bits per heavy atom. The van der Waals surface area contributed by atoms with Crippen LogP contribution < -0.4 is 5.73 Å². The molecule has 1 aromatic heterocycles. The van der Waals surface area contributed by atoms with Crippen molar-refractivity contribution in [3.63, 3.8) is 0 Å². The maximum absolute atomic E-state index is 5.87. The summed E-state index contributed by atoms with van der Waals surface area (Å²) < 4.78 is 6.39. The van der Waals surface area contributed by atoms with Crippen LogP contribution >= 0.6 is 15.9 Å². The second kappa shape index (κ2) is 5.34. The minimum absolute atomic E-state index is 0.203. The molecule has 0 radical (unpaired) electrons. The van der Waals surface area contributed by atoms with Crippen molar-refractivity contribution >= 4 is 15.9 Å². The van der Waals surface area contributed by atoms with Crippen LogP contribution in [-0.2, 0) is 0 Å². The SMILES string of the molecule is CN(C1CCCC1)C(CN)c1ccc(Br)o1. The van der Waals surface area contributed by atoms with E-state index in [-0.39, 0.29) is 6.04 Å².